The number of hydrogen-bond acceptors (Lipinski definition) is 6. The largest absolute Gasteiger partial charge is 0.382 e. The number of hydrogen-bond donors (Lipinski definition) is 3. The van der Waals surface area contributed by atoms with Crippen molar-refractivity contribution in [3.8, 4) is 11.3 Å². The topological polar surface area (TPSA) is 107 Å². The first-order valence-electron chi connectivity index (χ1n) is 5.48. The number of anilines is 1. The molecule has 0 bridgehead atoms. The number of benzene rings is 1. The van der Waals surface area contributed by atoms with E-state index in [1.807, 2.05) is 31.3 Å². The number of aromatic nitrogens is 2. The third kappa shape index (κ3) is 3.01. The molecule has 0 aliphatic rings. The Morgan fingerprint density at radius 1 is 1.42 bits per heavy atom. The van der Waals surface area contributed by atoms with Gasteiger partial charge in [0.15, 0.2) is 11.5 Å². The number of nitrogen functional groups attached to an aromatic ring is 1. The maximum absolute atomic E-state index is 11.2. The van der Waals surface area contributed by atoms with Gasteiger partial charge in [0.2, 0.25) is 0 Å². The van der Waals surface area contributed by atoms with Gasteiger partial charge in [-0.1, -0.05) is 12.1 Å². The van der Waals surface area contributed by atoms with Gasteiger partial charge in [0, 0.05) is 10.5 Å². The lowest BCUT2D eigenvalue weighted by molar-refractivity contribution is 0.0996. The molecule has 7 heteroatoms. The number of carbonyl (C=O) groups is 1. The van der Waals surface area contributed by atoms with Gasteiger partial charge >= 0.3 is 0 Å². The summed E-state index contributed by atoms with van der Waals surface area (Å²) < 4.78 is 2.99. The van der Waals surface area contributed by atoms with Crippen molar-refractivity contribution >= 4 is 23.7 Å². The third-order valence-electron chi connectivity index (χ3n) is 2.38. The van der Waals surface area contributed by atoms with E-state index in [0.29, 0.717) is 5.69 Å². The van der Waals surface area contributed by atoms with Crippen LogP contribution in [0.4, 0.5) is 5.82 Å². The van der Waals surface area contributed by atoms with Gasteiger partial charge in [-0.25, -0.2) is 9.97 Å². The van der Waals surface area contributed by atoms with Crippen LogP contribution in [0.5, 0.6) is 0 Å². The highest BCUT2D eigenvalue weighted by atomic mass is 32.2. The molecule has 0 aliphatic heterocycles. The van der Waals surface area contributed by atoms with E-state index in [9.17, 15) is 4.79 Å². The summed E-state index contributed by atoms with van der Waals surface area (Å²) in [6.07, 6.45) is 1.52. The van der Waals surface area contributed by atoms with E-state index in [-0.39, 0.29) is 11.5 Å². The lowest BCUT2D eigenvalue weighted by Gasteiger charge is -2.06. The van der Waals surface area contributed by atoms with Gasteiger partial charge in [-0.15, -0.1) is 0 Å². The van der Waals surface area contributed by atoms with E-state index >= 15 is 0 Å². The van der Waals surface area contributed by atoms with Gasteiger partial charge < -0.3 is 11.5 Å². The SMILES string of the molecule is CNSc1cccc(-c2cnc(N)c(C(N)=O)n2)c1. The fourth-order valence-corrected chi connectivity index (χ4v) is 2.12. The first-order valence-corrected chi connectivity index (χ1v) is 6.30. The van der Waals surface area contributed by atoms with Crippen LogP contribution in [0.25, 0.3) is 11.3 Å². The van der Waals surface area contributed by atoms with Crippen LogP contribution in [0, 0.1) is 0 Å². The summed E-state index contributed by atoms with van der Waals surface area (Å²) >= 11 is 1.48. The Hall–Kier alpha value is -2.12. The fraction of sp³-hybridized carbons (Fsp3) is 0.0833. The number of nitrogens with zero attached hydrogens (tertiary/aromatic N) is 2. The standard InChI is InChI=1S/C12H13N5OS/c1-15-19-8-4-2-3-7(5-8)9-6-16-11(13)10(17-9)12(14)18/h2-6,15H,1H3,(H2,13,16)(H2,14,18). The number of nitrogens with two attached hydrogens (primary N) is 2. The van der Waals surface area contributed by atoms with Gasteiger partial charge in [-0.3, -0.25) is 9.52 Å². The highest BCUT2D eigenvalue weighted by Crippen LogP contribution is 2.23. The first kappa shape index (κ1) is 13.3. The summed E-state index contributed by atoms with van der Waals surface area (Å²) in [5.74, 6) is -0.649. The summed E-state index contributed by atoms with van der Waals surface area (Å²) in [5, 5.41) is 0. The van der Waals surface area contributed by atoms with Crippen molar-refractivity contribution in [3.63, 3.8) is 0 Å². The van der Waals surface area contributed by atoms with Crippen LogP contribution in [0.2, 0.25) is 0 Å². The Bertz CT molecular complexity index is 617. The molecule has 1 aromatic carbocycles. The zero-order chi connectivity index (χ0) is 13.8. The van der Waals surface area contributed by atoms with Crippen molar-refractivity contribution < 1.29 is 4.79 Å². The Morgan fingerprint density at radius 3 is 2.89 bits per heavy atom. The van der Waals surface area contributed by atoms with Crippen LogP contribution < -0.4 is 16.2 Å². The van der Waals surface area contributed by atoms with E-state index in [0.717, 1.165) is 10.5 Å². The summed E-state index contributed by atoms with van der Waals surface area (Å²) in [6, 6.07) is 7.68. The molecule has 2 aromatic rings. The smallest absolute Gasteiger partial charge is 0.271 e. The Kier molecular flexibility index (Phi) is 3.98. The van der Waals surface area contributed by atoms with Gasteiger partial charge in [0.1, 0.15) is 0 Å². The second-order valence-electron chi connectivity index (χ2n) is 3.69. The summed E-state index contributed by atoms with van der Waals surface area (Å²) in [5.41, 5.74) is 12.2. The Labute approximate surface area is 114 Å². The summed E-state index contributed by atoms with van der Waals surface area (Å²) in [7, 11) is 1.84. The maximum Gasteiger partial charge on any atom is 0.271 e. The van der Waals surface area contributed by atoms with Crippen LogP contribution in [0.3, 0.4) is 0 Å². The quantitative estimate of drug-likeness (QED) is 0.720. The van der Waals surface area contributed by atoms with Crippen LogP contribution in [0.1, 0.15) is 10.5 Å². The minimum Gasteiger partial charge on any atom is -0.382 e. The molecule has 0 saturated heterocycles. The van der Waals surface area contributed by atoms with Crippen LogP contribution in [-0.2, 0) is 0 Å². The lowest BCUT2D eigenvalue weighted by atomic mass is 10.1. The third-order valence-corrected chi connectivity index (χ3v) is 3.08. The van der Waals surface area contributed by atoms with E-state index in [2.05, 4.69) is 14.7 Å². The lowest BCUT2D eigenvalue weighted by Crippen LogP contribution is -2.17. The van der Waals surface area contributed by atoms with Crippen molar-refractivity contribution in [2.24, 2.45) is 5.73 Å². The molecule has 6 nitrogen and oxygen atoms in total. The monoisotopic (exact) mass is 275 g/mol. The van der Waals surface area contributed by atoms with Crippen molar-refractivity contribution in [1.29, 1.82) is 0 Å². The molecular weight excluding hydrogens is 262 g/mol. The van der Waals surface area contributed by atoms with E-state index in [4.69, 9.17) is 11.5 Å². The van der Waals surface area contributed by atoms with Gasteiger partial charge in [0.05, 0.1) is 11.9 Å². The molecule has 0 fully saturated rings. The van der Waals surface area contributed by atoms with Gasteiger partial charge in [-0.2, -0.15) is 0 Å². The number of nitrogens with one attached hydrogen (secondary N) is 1. The predicted octanol–water partition coefficient (Wildman–Crippen LogP) is 1.05. The molecule has 1 heterocycles. The average Bonchev–Trinajstić information content (AvgIpc) is 2.39. The van der Waals surface area contributed by atoms with Crippen LogP contribution in [-0.4, -0.2) is 22.9 Å². The zero-order valence-electron chi connectivity index (χ0n) is 10.3. The van der Waals surface area contributed by atoms with Crippen molar-refractivity contribution in [1.82, 2.24) is 14.7 Å². The van der Waals surface area contributed by atoms with E-state index in [1.165, 1.54) is 18.1 Å². The predicted molar refractivity (Wildman–Crippen MR) is 75.3 cm³/mol. The zero-order valence-corrected chi connectivity index (χ0v) is 11.1. The fourth-order valence-electron chi connectivity index (χ4n) is 1.56. The number of primary amides is 1. The molecule has 0 unspecified atom stereocenters. The summed E-state index contributed by atoms with van der Waals surface area (Å²) in [4.78, 5) is 20.3. The average molecular weight is 275 g/mol. The van der Waals surface area contributed by atoms with Crippen molar-refractivity contribution in [2.75, 3.05) is 12.8 Å². The van der Waals surface area contributed by atoms with E-state index < -0.39 is 5.91 Å². The van der Waals surface area contributed by atoms with Crippen molar-refractivity contribution in [2.45, 2.75) is 4.90 Å². The molecule has 98 valence electrons. The van der Waals surface area contributed by atoms with Crippen LogP contribution in [0.15, 0.2) is 35.4 Å². The molecule has 0 atom stereocenters. The first-order chi connectivity index (χ1) is 9.11. The molecule has 19 heavy (non-hydrogen) atoms. The minimum atomic E-state index is -0.687. The normalized spacial score (nSPS) is 10.4. The molecule has 0 radical (unpaired) electrons. The Morgan fingerprint density at radius 2 is 2.21 bits per heavy atom. The maximum atomic E-state index is 11.2. The highest BCUT2D eigenvalue weighted by Gasteiger charge is 2.11. The molecular formula is C12H13N5OS. The van der Waals surface area contributed by atoms with Gasteiger partial charge in [0.25, 0.3) is 5.91 Å². The Balaban J connectivity index is 2.44. The van der Waals surface area contributed by atoms with Gasteiger partial charge in [-0.05, 0) is 31.1 Å². The number of rotatable bonds is 4. The highest BCUT2D eigenvalue weighted by molar-refractivity contribution is 7.97. The molecule has 1 amide bonds. The second-order valence-corrected chi connectivity index (χ2v) is 4.77. The molecule has 0 spiro atoms. The number of amides is 1. The molecule has 2 rings (SSSR count). The molecule has 0 aliphatic carbocycles. The minimum absolute atomic E-state index is 0.0100. The second kappa shape index (κ2) is 5.68. The van der Waals surface area contributed by atoms with Crippen molar-refractivity contribution in [3.05, 3.63) is 36.2 Å². The molecule has 0 saturated carbocycles. The van der Waals surface area contributed by atoms with Crippen LogP contribution >= 0.6 is 11.9 Å². The molecule has 5 N–H and O–H groups in total. The van der Waals surface area contributed by atoms with E-state index in [1.54, 1.807) is 0 Å². The number of carbonyl (C=O) groups excluding carboxylic acids is 1. The molecule has 1 aromatic heterocycles. The summed E-state index contributed by atoms with van der Waals surface area (Å²) in [6.45, 7) is 0.